The lowest BCUT2D eigenvalue weighted by Gasteiger charge is -2.29. The number of halogens is 6. The van der Waals surface area contributed by atoms with Gasteiger partial charge in [-0.05, 0) is 0 Å². The first-order chi connectivity index (χ1) is 4.37. The fourth-order valence-electron chi connectivity index (χ4n) is 0.196. The molecule has 0 nitrogen and oxygen atoms in total. The van der Waals surface area contributed by atoms with Gasteiger partial charge >= 0.3 is 0 Å². The van der Waals surface area contributed by atoms with Crippen molar-refractivity contribution in [3.05, 3.63) is 0 Å². The van der Waals surface area contributed by atoms with Gasteiger partial charge in [-0.2, -0.15) is 0 Å². The van der Waals surface area contributed by atoms with Gasteiger partial charge in [-0.1, -0.05) is 78.3 Å². The van der Waals surface area contributed by atoms with Crippen LogP contribution in [0.5, 0.6) is 0 Å². The van der Waals surface area contributed by atoms with E-state index in [-0.39, 0.29) is 0 Å². The first-order valence-electron chi connectivity index (χ1n) is 2.25. The van der Waals surface area contributed by atoms with E-state index in [4.69, 9.17) is 46.4 Å². The van der Waals surface area contributed by atoms with Crippen molar-refractivity contribution < 1.29 is 0 Å². The Morgan fingerprint density at radius 1 is 0.800 bits per heavy atom. The molecule has 0 saturated heterocycles. The minimum Gasteiger partial charge on any atom is -0.0973 e. The molecule has 0 amide bonds. The Labute approximate surface area is 96.8 Å². The van der Waals surface area contributed by atoms with Crippen molar-refractivity contribution in [2.75, 3.05) is 10.7 Å². The van der Waals surface area contributed by atoms with Crippen molar-refractivity contribution in [3.63, 3.8) is 0 Å². The predicted octanol–water partition coefficient (Wildman–Crippen LogP) is 4.12. The van der Waals surface area contributed by atoms with Crippen molar-refractivity contribution in [3.8, 4) is 0 Å². The van der Waals surface area contributed by atoms with Crippen LogP contribution < -0.4 is 0 Å². The van der Waals surface area contributed by atoms with Gasteiger partial charge in [0.15, 0.2) is 8.67 Å². The third-order valence-electron chi connectivity index (χ3n) is 0.871. The van der Waals surface area contributed by atoms with Crippen LogP contribution in [-0.4, -0.2) is 19.3 Å². The van der Waals surface area contributed by atoms with E-state index in [1.165, 1.54) is 0 Å². The van der Waals surface area contributed by atoms with E-state index in [1.54, 1.807) is 0 Å². The Morgan fingerprint density at radius 3 is 1.10 bits per heavy atom. The van der Waals surface area contributed by atoms with Crippen LogP contribution in [0.3, 0.4) is 0 Å². The highest BCUT2D eigenvalue weighted by molar-refractivity contribution is 9.09. The van der Waals surface area contributed by atoms with E-state index in [2.05, 4.69) is 31.9 Å². The van der Waals surface area contributed by atoms with E-state index >= 15 is 0 Å². The smallest absolute Gasteiger partial charge is 0.0973 e. The molecule has 0 atom stereocenters. The first kappa shape index (κ1) is 12.1. The fraction of sp³-hybridized carbons (Fsp3) is 1.00. The van der Waals surface area contributed by atoms with E-state index in [1.807, 2.05) is 0 Å². The summed E-state index contributed by atoms with van der Waals surface area (Å²) in [7, 11) is 0. The minimum atomic E-state index is -1.17. The second-order valence-electron chi connectivity index (χ2n) is 1.68. The Bertz CT molecular complexity index is 99.8. The predicted molar refractivity (Wildman–Crippen MR) is 56.5 cm³/mol. The van der Waals surface area contributed by atoms with Crippen LogP contribution in [0.1, 0.15) is 0 Å². The zero-order chi connectivity index (χ0) is 8.41. The van der Waals surface area contributed by atoms with Crippen LogP contribution in [0.4, 0.5) is 0 Å². The summed E-state index contributed by atoms with van der Waals surface area (Å²) in [6.45, 7) is 0. The van der Waals surface area contributed by atoms with Gasteiger partial charge in [0.25, 0.3) is 0 Å². The molecule has 0 aliphatic rings. The van der Waals surface area contributed by atoms with Crippen LogP contribution in [0.2, 0.25) is 0 Å². The minimum absolute atomic E-state index is 0.321. The second-order valence-corrected chi connectivity index (χ2v) is 5.77. The average molecular weight is 354 g/mol. The number of hydrogen-bond acceptors (Lipinski definition) is 0. The first-order valence-corrected chi connectivity index (χ1v) is 6.00. The Kier molecular flexibility index (Phi) is 5.31. The summed E-state index contributed by atoms with van der Waals surface area (Å²) < 4.78 is -2.33. The Balaban J connectivity index is 4.28. The van der Waals surface area contributed by atoms with Gasteiger partial charge < -0.3 is 0 Å². The van der Waals surface area contributed by atoms with Gasteiger partial charge in [0.05, 0.1) is 0 Å². The molecule has 6 heteroatoms. The summed E-state index contributed by atoms with van der Waals surface area (Å²) in [5.41, 5.74) is 0. The van der Waals surface area contributed by atoms with Crippen LogP contribution in [-0.2, 0) is 0 Å². The number of rotatable bonds is 3. The van der Waals surface area contributed by atoms with E-state index in [9.17, 15) is 0 Å². The highest BCUT2D eigenvalue weighted by Gasteiger charge is 2.45. The SMILES string of the molecule is ClC(Cl)(CBr)C(Cl)(Cl)CBr. The maximum absolute atomic E-state index is 5.74. The Morgan fingerprint density at radius 2 is 1.00 bits per heavy atom. The molecule has 0 spiro atoms. The molecule has 62 valence electrons. The molecule has 0 aliphatic carbocycles. The molecule has 10 heavy (non-hydrogen) atoms. The molecule has 0 aromatic rings. The van der Waals surface area contributed by atoms with Gasteiger partial charge in [0, 0.05) is 10.7 Å². The van der Waals surface area contributed by atoms with Gasteiger partial charge in [-0.25, -0.2) is 0 Å². The van der Waals surface area contributed by atoms with E-state index in [0.29, 0.717) is 10.7 Å². The van der Waals surface area contributed by atoms with Crippen LogP contribution in [0.25, 0.3) is 0 Å². The number of hydrogen-bond donors (Lipinski definition) is 0. The maximum Gasteiger partial charge on any atom is 0.161 e. The molecular weight excluding hydrogens is 350 g/mol. The lowest BCUT2D eigenvalue weighted by molar-refractivity contribution is 0.793. The highest BCUT2D eigenvalue weighted by atomic mass is 79.9. The third kappa shape index (κ3) is 2.87. The van der Waals surface area contributed by atoms with Crippen molar-refractivity contribution >= 4 is 78.3 Å². The zero-order valence-electron chi connectivity index (χ0n) is 4.68. The summed E-state index contributed by atoms with van der Waals surface area (Å²) in [6.07, 6.45) is 0. The molecule has 0 saturated carbocycles. The fourth-order valence-corrected chi connectivity index (χ4v) is 2.07. The summed E-state index contributed by atoms with van der Waals surface area (Å²) in [4.78, 5) is 0. The van der Waals surface area contributed by atoms with Crippen molar-refractivity contribution in [2.24, 2.45) is 0 Å². The van der Waals surface area contributed by atoms with Crippen LogP contribution >= 0.6 is 78.3 Å². The molecule has 0 radical (unpaired) electrons. The highest BCUT2D eigenvalue weighted by Crippen LogP contribution is 2.44. The zero-order valence-corrected chi connectivity index (χ0v) is 10.9. The molecular formula is C4H4Br2Cl4. The van der Waals surface area contributed by atoms with Crippen LogP contribution in [0.15, 0.2) is 0 Å². The summed E-state index contributed by atoms with van der Waals surface area (Å²) >= 11 is 29.1. The maximum atomic E-state index is 5.74. The summed E-state index contributed by atoms with van der Waals surface area (Å²) in [5, 5.41) is 0.642. The molecule has 0 rings (SSSR count). The molecule has 0 aromatic carbocycles. The van der Waals surface area contributed by atoms with E-state index in [0.717, 1.165) is 0 Å². The quantitative estimate of drug-likeness (QED) is 0.669. The van der Waals surface area contributed by atoms with Crippen molar-refractivity contribution in [1.82, 2.24) is 0 Å². The van der Waals surface area contributed by atoms with Crippen LogP contribution in [0, 0.1) is 0 Å². The molecule has 0 bridgehead atoms. The lowest BCUT2D eigenvalue weighted by Crippen LogP contribution is -2.39. The number of alkyl halides is 6. The Hall–Kier alpha value is 2.12. The topological polar surface area (TPSA) is 0 Å². The standard InChI is InChI=1S/C4H4Br2Cl4/c5-1-3(7,8)4(9,10)2-6/h1-2H2. The van der Waals surface area contributed by atoms with Gasteiger partial charge in [-0.15, -0.1) is 0 Å². The molecule has 0 fully saturated rings. The molecule has 0 aromatic heterocycles. The third-order valence-corrected chi connectivity index (χ3v) is 6.06. The van der Waals surface area contributed by atoms with Gasteiger partial charge in [0.1, 0.15) is 0 Å². The largest absolute Gasteiger partial charge is 0.161 e. The second kappa shape index (κ2) is 4.38. The van der Waals surface area contributed by atoms with Gasteiger partial charge in [0.2, 0.25) is 0 Å². The summed E-state index contributed by atoms with van der Waals surface area (Å²) in [6, 6.07) is 0. The molecule has 0 heterocycles. The summed E-state index contributed by atoms with van der Waals surface area (Å²) in [5.74, 6) is 0. The molecule has 0 unspecified atom stereocenters. The monoisotopic (exact) mass is 350 g/mol. The average Bonchev–Trinajstić information content (AvgIpc) is 1.88. The lowest BCUT2D eigenvalue weighted by atomic mass is 10.3. The normalized spacial score (nSPS) is 13.8. The van der Waals surface area contributed by atoms with Gasteiger partial charge in [-0.3, -0.25) is 0 Å². The van der Waals surface area contributed by atoms with Crippen molar-refractivity contribution in [2.45, 2.75) is 8.67 Å². The van der Waals surface area contributed by atoms with Crippen molar-refractivity contribution in [1.29, 1.82) is 0 Å². The van der Waals surface area contributed by atoms with E-state index < -0.39 is 8.67 Å². The molecule has 0 N–H and O–H groups in total. The molecule has 0 aliphatic heterocycles.